The molecule has 2 aromatic carbocycles. The first-order chi connectivity index (χ1) is 9.90. The van der Waals surface area contributed by atoms with Crippen molar-refractivity contribution in [2.24, 2.45) is 0 Å². The van der Waals surface area contributed by atoms with Crippen LogP contribution in [0.2, 0.25) is 0 Å². The van der Waals surface area contributed by atoms with E-state index in [1.54, 1.807) is 31.2 Å². The maximum atomic E-state index is 12.3. The van der Waals surface area contributed by atoms with Gasteiger partial charge in [0.05, 0.1) is 4.92 Å². The molecule has 0 aliphatic carbocycles. The minimum absolute atomic E-state index is 0.0999. The summed E-state index contributed by atoms with van der Waals surface area (Å²) >= 11 is 2.11. The number of halogens is 1. The summed E-state index contributed by atoms with van der Waals surface area (Å²) in [5, 5.41) is 13.8. The minimum Gasteiger partial charge on any atom is -0.316 e. The fourth-order valence-electron chi connectivity index (χ4n) is 1.93. The Morgan fingerprint density at radius 1 is 1.24 bits per heavy atom. The van der Waals surface area contributed by atoms with Crippen molar-refractivity contribution in [3.63, 3.8) is 0 Å². The Kier molecular flexibility index (Phi) is 4.56. The minimum atomic E-state index is -0.489. The van der Waals surface area contributed by atoms with Crippen LogP contribution in [0.15, 0.2) is 36.4 Å². The highest BCUT2D eigenvalue weighted by Gasteiger charge is 2.20. The van der Waals surface area contributed by atoms with Crippen molar-refractivity contribution < 1.29 is 9.72 Å². The van der Waals surface area contributed by atoms with Gasteiger partial charge in [-0.05, 0) is 65.8 Å². The lowest BCUT2D eigenvalue weighted by atomic mass is 10.1. The number of hydrogen-bond acceptors (Lipinski definition) is 3. The molecule has 5 nitrogen and oxygen atoms in total. The summed E-state index contributed by atoms with van der Waals surface area (Å²) in [6, 6.07) is 10.1. The first-order valence-corrected chi connectivity index (χ1v) is 7.29. The van der Waals surface area contributed by atoms with Crippen molar-refractivity contribution in [2.45, 2.75) is 13.8 Å². The number of benzene rings is 2. The number of rotatable bonds is 3. The van der Waals surface area contributed by atoms with Gasteiger partial charge in [-0.3, -0.25) is 14.9 Å². The first kappa shape index (κ1) is 15.4. The quantitative estimate of drug-likeness (QED) is 0.483. The molecule has 1 N–H and O–H groups in total. The lowest BCUT2D eigenvalue weighted by Crippen LogP contribution is -2.14. The molecule has 0 radical (unpaired) electrons. The van der Waals surface area contributed by atoms with Crippen LogP contribution in [-0.4, -0.2) is 10.8 Å². The van der Waals surface area contributed by atoms with Gasteiger partial charge in [0.15, 0.2) is 0 Å². The summed E-state index contributed by atoms with van der Waals surface area (Å²) in [7, 11) is 0. The zero-order chi connectivity index (χ0) is 15.6. The van der Waals surface area contributed by atoms with E-state index in [4.69, 9.17) is 0 Å². The van der Waals surface area contributed by atoms with Crippen molar-refractivity contribution in [3.8, 4) is 0 Å². The van der Waals surface area contributed by atoms with Crippen LogP contribution in [0.25, 0.3) is 0 Å². The predicted octanol–water partition coefficient (Wildman–Crippen LogP) is 4.07. The van der Waals surface area contributed by atoms with Crippen LogP contribution in [0.1, 0.15) is 21.5 Å². The molecular formula is C15H13IN2O3. The predicted molar refractivity (Wildman–Crippen MR) is 89.7 cm³/mol. The average molecular weight is 396 g/mol. The fourth-order valence-corrected chi connectivity index (χ4v) is 2.47. The van der Waals surface area contributed by atoms with Crippen LogP contribution in [0.4, 0.5) is 11.4 Å². The fraction of sp³-hybridized carbons (Fsp3) is 0.133. The highest BCUT2D eigenvalue weighted by atomic mass is 127. The van der Waals surface area contributed by atoms with Gasteiger partial charge in [0.2, 0.25) is 0 Å². The number of nitro groups is 1. The number of nitrogens with one attached hydrogen (secondary N) is 1. The van der Waals surface area contributed by atoms with Gasteiger partial charge in [-0.2, -0.15) is 0 Å². The smallest absolute Gasteiger partial charge is 0.293 e. The molecule has 0 atom stereocenters. The SMILES string of the molecule is Cc1ccc([N+](=O)[O-])c(NC(=O)c2cccc(I)c2)c1C. The number of amides is 1. The number of carbonyl (C=O) groups is 1. The van der Waals surface area contributed by atoms with Crippen molar-refractivity contribution in [1.82, 2.24) is 0 Å². The van der Waals surface area contributed by atoms with Gasteiger partial charge in [0.1, 0.15) is 5.69 Å². The molecule has 0 aliphatic heterocycles. The Morgan fingerprint density at radius 2 is 1.95 bits per heavy atom. The molecule has 6 heteroatoms. The Labute approximate surface area is 135 Å². The summed E-state index contributed by atoms with van der Waals surface area (Å²) in [4.78, 5) is 22.9. The molecule has 0 unspecified atom stereocenters. The van der Waals surface area contributed by atoms with Gasteiger partial charge in [0.25, 0.3) is 11.6 Å². The van der Waals surface area contributed by atoms with E-state index in [2.05, 4.69) is 27.9 Å². The average Bonchev–Trinajstić information content (AvgIpc) is 2.43. The summed E-state index contributed by atoms with van der Waals surface area (Å²) in [6.07, 6.45) is 0. The Morgan fingerprint density at radius 3 is 2.57 bits per heavy atom. The van der Waals surface area contributed by atoms with E-state index >= 15 is 0 Å². The van der Waals surface area contributed by atoms with E-state index in [0.717, 1.165) is 9.13 Å². The molecule has 0 heterocycles. The maximum absolute atomic E-state index is 12.3. The van der Waals surface area contributed by atoms with Crippen LogP contribution in [0, 0.1) is 27.5 Å². The molecule has 0 saturated heterocycles. The first-order valence-electron chi connectivity index (χ1n) is 6.21. The van der Waals surface area contributed by atoms with Crippen molar-refractivity contribution in [2.75, 3.05) is 5.32 Å². The van der Waals surface area contributed by atoms with Crippen LogP contribution in [0.3, 0.4) is 0 Å². The van der Waals surface area contributed by atoms with E-state index in [-0.39, 0.29) is 17.3 Å². The molecule has 0 aliphatic rings. The Balaban J connectivity index is 2.41. The van der Waals surface area contributed by atoms with Crippen molar-refractivity contribution in [3.05, 3.63) is 66.8 Å². The van der Waals surface area contributed by atoms with E-state index in [1.807, 2.05) is 13.0 Å². The number of nitro benzene ring substituents is 1. The number of aryl methyl sites for hydroxylation is 1. The van der Waals surface area contributed by atoms with Crippen LogP contribution in [-0.2, 0) is 0 Å². The van der Waals surface area contributed by atoms with E-state index < -0.39 is 4.92 Å². The zero-order valence-electron chi connectivity index (χ0n) is 11.5. The van der Waals surface area contributed by atoms with Crippen LogP contribution in [0.5, 0.6) is 0 Å². The molecule has 2 aromatic rings. The second kappa shape index (κ2) is 6.21. The molecule has 0 saturated carbocycles. The molecular weight excluding hydrogens is 383 g/mol. The lowest BCUT2D eigenvalue weighted by molar-refractivity contribution is -0.384. The molecule has 0 aromatic heterocycles. The summed E-state index contributed by atoms with van der Waals surface area (Å²) in [6.45, 7) is 3.60. The molecule has 0 bridgehead atoms. The second-order valence-electron chi connectivity index (χ2n) is 4.62. The Bertz CT molecular complexity index is 729. The third-order valence-electron chi connectivity index (χ3n) is 3.24. The zero-order valence-corrected chi connectivity index (χ0v) is 13.7. The highest BCUT2D eigenvalue weighted by molar-refractivity contribution is 14.1. The number of nitrogens with zero attached hydrogens (tertiary/aromatic N) is 1. The third-order valence-corrected chi connectivity index (χ3v) is 3.91. The number of anilines is 1. The molecule has 2 rings (SSSR count). The summed E-state index contributed by atoms with van der Waals surface area (Å²) in [5.74, 6) is -0.356. The second-order valence-corrected chi connectivity index (χ2v) is 5.87. The van der Waals surface area contributed by atoms with Gasteiger partial charge in [0, 0.05) is 15.2 Å². The van der Waals surface area contributed by atoms with E-state index in [0.29, 0.717) is 11.1 Å². The van der Waals surface area contributed by atoms with Crippen molar-refractivity contribution in [1.29, 1.82) is 0 Å². The van der Waals surface area contributed by atoms with Gasteiger partial charge < -0.3 is 5.32 Å². The van der Waals surface area contributed by atoms with Gasteiger partial charge in [-0.25, -0.2) is 0 Å². The molecule has 21 heavy (non-hydrogen) atoms. The van der Waals surface area contributed by atoms with E-state index in [9.17, 15) is 14.9 Å². The number of carbonyl (C=O) groups excluding carboxylic acids is 1. The molecule has 0 fully saturated rings. The van der Waals surface area contributed by atoms with Gasteiger partial charge in [-0.1, -0.05) is 12.1 Å². The molecule has 0 spiro atoms. The normalized spacial score (nSPS) is 10.2. The monoisotopic (exact) mass is 396 g/mol. The van der Waals surface area contributed by atoms with E-state index in [1.165, 1.54) is 6.07 Å². The summed E-state index contributed by atoms with van der Waals surface area (Å²) < 4.78 is 0.927. The topological polar surface area (TPSA) is 72.2 Å². The standard InChI is InChI=1S/C15H13IN2O3/c1-9-6-7-13(18(20)21)14(10(9)2)17-15(19)11-4-3-5-12(16)8-11/h3-8H,1-2H3,(H,17,19). The largest absolute Gasteiger partial charge is 0.316 e. The lowest BCUT2D eigenvalue weighted by Gasteiger charge is -2.11. The summed E-state index contributed by atoms with van der Waals surface area (Å²) in [5.41, 5.74) is 2.21. The molecule has 1 amide bonds. The van der Waals surface area contributed by atoms with Gasteiger partial charge >= 0.3 is 0 Å². The number of hydrogen-bond donors (Lipinski definition) is 1. The Hall–Kier alpha value is -1.96. The maximum Gasteiger partial charge on any atom is 0.293 e. The molecule has 108 valence electrons. The van der Waals surface area contributed by atoms with Crippen molar-refractivity contribution >= 4 is 39.9 Å². The highest BCUT2D eigenvalue weighted by Crippen LogP contribution is 2.30. The van der Waals surface area contributed by atoms with Gasteiger partial charge in [-0.15, -0.1) is 0 Å². The third kappa shape index (κ3) is 3.38. The van der Waals surface area contributed by atoms with Crippen LogP contribution < -0.4 is 5.32 Å². The van der Waals surface area contributed by atoms with Crippen LogP contribution >= 0.6 is 22.6 Å².